The van der Waals surface area contributed by atoms with Crippen LogP contribution in [-0.4, -0.2) is 33.8 Å². The lowest BCUT2D eigenvalue weighted by Gasteiger charge is -2.03. The van der Waals surface area contributed by atoms with Gasteiger partial charge in [0.1, 0.15) is 10.0 Å². The molecule has 16 heavy (non-hydrogen) atoms. The molecular formula is C7H7ClN4O2S2. The molecule has 6 nitrogen and oxygen atoms in total. The standard InChI is InChI=1S/C7H7ClN4O2S2/c1-16(13,14)7-9-2-3-12(7)4-5-6(8)15-11-10-5/h2-3H,4H2,1H3. The van der Waals surface area contributed by atoms with E-state index in [-0.39, 0.29) is 11.7 Å². The molecule has 2 aromatic heterocycles. The van der Waals surface area contributed by atoms with E-state index in [9.17, 15) is 8.42 Å². The summed E-state index contributed by atoms with van der Waals surface area (Å²) in [4.78, 5) is 3.78. The van der Waals surface area contributed by atoms with E-state index in [1.54, 1.807) is 6.20 Å². The highest BCUT2D eigenvalue weighted by Gasteiger charge is 2.16. The van der Waals surface area contributed by atoms with Gasteiger partial charge in [0.05, 0.1) is 6.54 Å². The second-order valence-electron chi connectivity index (χ2n) is 3.10. The predicted octanol–water partition coefficient (Wildman–Crippen LogP) is 0.840. The molecule has 0 aromatic carbocycles. The minimum atomic E-state index is -3.34. The van der Waals surface area contributed by atoms with E-state index in [4.69, 9.17) is 11.6 Å². The molecule has 0 saturated heterocycles. The third-order valence-corrected chi connectivity index (χ3v) is 3.83. The Morgan fingerprint density at radius 2 is 2.31 bits per heavy atom. The number of hydrogen-bond acceptors (Lipinski definition) is 6. The van der Waals surface area contributed by atoms with Gasteiger partial charge >= 0.3 is 0 Å². The highest BCUT2D eigenvalue weighted by Crippen LogP contribution is 2.19. The van der Waals surface area contributed by atoms with Crippen molar-refractivity contribution in [2.24, 2.45) is 0 Å². The van der Waals surface area contributed by atoms with Crippen LogP contribution in [0.4, 0.5) is 0 Å². The Morgan fingerprint density at radius 1 is 1.56 bits per heavy atom. The summed E-state index contributed by atoms with van der Waals surface area (Å²) in [6.07, 6.45) is 4.09. The third-order valence-electron chi connectivity index (χ3n) is 1.84. The molecule has 2 aromatic rings. The second-order valence-corrected chi connectivity index (χ2v) is 6.37. The maximum absolute atomic E-state index is 11.4. The van der Waals surface area contributed by atoms with Gasteiger partial charge < -0.3 is 4.57 Å². The Bertz CT molecular complexity index is 603. The number of halogens is 1. The lowest BCUT2D eigenvalue weighted by atomic mass is 10.5. The summed E-state index contributed by atoms with van der Waals surface area (Å²) in [5.41, 5.74) is 0.537. The van der Waals surface area contributed by atoms with Gasteiger partial charge in [-0.3, -0.25) is 0 Å². The van der Waals surface area contributed by atoms with E-state index in [1.165, 1.54) is 10.8 Å². The van der Waals surface area contributed by atoms with Crippen LogP contribution in [0, 0.1) is 0 Å². The normalized spacial score (nSPS) is 11.9. The number of imidazole rings is 1. The highest BCUT2D eigenvalue weighted by atomic mass is 35.5. The van der Waals surface area contributed by atoms with Crippen LogP contribution in [-0.2, 0) is 16.4 Å². The van der Waals surface area contributed by atoms with E-state index in [1.807, 2.05) is 0 Å². The summed E-state index contributed by atoms with van der Waals surface area (Å²) in [6, 6.07) is 0. The van der Waals surface area contributed by atoms with Gasteiger partial charge in [-0.15, -0.1) is 5.10 Å². The maximum atomic E-state index is 11.4. The molecule has 0 amide bonds. The fraction of sp³-hybridized carbons (Fsp3) is 0.286. The van der Waals surface area contributed by atoms with Crippen LogP contribution in [0.1, 0.15) is 5.69 Å². The van der Waals surface area contributed by atoms with Crippen molar-refractivity contribution < 1.29 is 8.42 Å². The fourth-order valence-corrected chi connectivity index (χ4v) is 2.61. The van der Waals surface area contributed by atoms with Crippen LogP contribution in [0.15, 0.2) is 17.6 Å². The van der Waals surface area contributed by atoms with Crippen molar-refractivity contribution in [3.8, 4) is 0 Å². The van der Waals surface area contributed by atoms with Crippen molar-refractivity contribution in [2.75, 3.05) is 6.26 Å². The summed E-state index contributed by atoms with van der Waals surface area (Å²) in [6.45, 7) is 0.248. The minimum absolute atomic E-state index is 0.00318. The first-order chi connectivity index (χ1) is 7.48. The van der Waals surface area contributed by atoms with Crippen LogP contribution < -0.4 is 0 Å². The zero-order valence-corrected chi connectivity index (χ0v) is 10.6. The third kappa shape index (κ3) is 2.23. The van der Waals surface area contributed by atoms with Gasteiger partial charge in [0.25, 0.3) is 0 Å². The van der Waals surface area contributed by atoms with Crippen LogP contribution in [0.5, 0.6) is 0 Å². The molecule has 0 saturated carbocycles. The first-order valence-corrected chi connectivity index (χ1v) is 7.20. The van der Waals surface area contributed by atoms with Crippen LogP contribution in [0.3, 0.4) is 0 Å². The van der Waals surface area contributed by atoms with Crippen LogP contribution in [0.2, 0.25) is 4.34 Å². The molecule has 9 heteroatoms. The topological polar surface area (TPSA) is 77.7 Å². The quantitative estimate of drug-likeness (QED) is 0.831. The first kappa shape index (κ1) is 11.5. The molecule has 2 rings (SSSR count). The van der Waals surface area contributed by atoms with Crippen molar-refractivity contribution in [3.63, 3.8) is 0 Å². The van der Waals surface area contributed by atoms with Crippen molar-refractivity contribution >= 4 is 33.0 Å². The molecule has 0 aliphatic carbocycles. The maximum Gasteiger partial charge on any atom is 0.227 e. The van der Waals surface area contributed by atoms with E-state index < -0.39 is 9.84 Å². The Balaban J connectivity index is 2.37. The molecule has 0 atom stereocenters. The molecule has 0 radical (unpaired) electrons. The Hall–Kier alpha value is -0.990. The fourth-order valence-electron chi connectivity index (χ4n) is 1.20. The van der Waals surface area contributed by atoms with Crippen molar-refractivity contribution in [1.29, 1.82) is 0 Å². The molecule has 0 spiro atoms. The lowest BCUT2D eigenvalue weighted by molar-refractivity contribution is 0.577. The molecular weight excluding hydrogens is 272 g/mol. The zero-order valence-electron chi connectivity index (χ0n) is 8.16. The van der Waals surface area contributed by atoms with E-state index in [2.05, 4.69) is 14.6 Å². The molecule has 2 heterocycles. The van der Waals surface area contributed by atoms with E-state index >= 15 is 0 Å². The molecule has 0 bridgehead atoms. The molecule has 0 aliphatic rings. The summed E-state index contributed by atoms with van der Waals surface area (Å²) >= 11 is 6.89. The molecule has 0 N–H and O–H groups in total. The van der Waals surface area contributed by atoms with Gasteiger partial charge in [-0.1, -0.05) is 16.1 Å². The first-order valence-electron chi connectivity index (χ1n) is 4.16. The van der Waals surface area contributed by atoms with Crippen LogP contribution in [0.25, 0.3) is 0 Å². The Morgan fingerprint density at radius 3 is 2.88 bits per heavy atom. The van der Waals surface area contributed by atoms with Gasteiger partial charge in [-0.25, -0.2) is 13.4 Å². The molecule has 86 valence electrons. The number of rotatable bonds is 3. The average molecular weight is 279 g/mol. The molecule has 0 unspecified atom stereocenters. The summed E-state index contributed by atoms with van der Waals surface area (Å²) < 4.78 is 28.3. The highest BCUT2D eigenvalue weighted by molar-refractivity contribution is 7.90. The second kappa shape index (κ2) is 4.11. The Labute approximate surface area is 101 Å². The number of aromatic nitrogens is 4. The van der Waals surface area contributed by atoms with Gasteiger partial charge in [0.15, 0.2) is 0 Å². The van der Waals surface area contributed by atoms with E-state index in [0.717, 1.165) is 17.8 Å². The molecule has 0 aliphatic heterocycles. The van der Waals surface area contributed by atoms with Gasteiger partial charge in [-0.05, 0) is 0 Å². The van der Waals surface area contributed by atoms with Gasteiger partial charge in [0.2, 0.25) is 15.0 Å². The Kier molecular flexibility index (Phi) is 2.96. The average Bonchev–Trinajstić information content (AvgIpc) is 2.76. The van der Waals surface area contributed by atoms with E-state index in [0.29, 0.717) is 10.0 Å². The lowest BCUT2D eigenvalue weighted by Crippen LogP contribution is -2.10. The smallest absolute Gasteiger partial charge is 0.227 e. The SMILES string of the molecule is CS(=O)(=O)c1nccn1Cc1nnsc1Cl. The molecule has 0 fully saturated rings. The minimum Gasteiger partial charge on any atom is -0.316 e. The summed E-state index contributed by atoms with van der Waals surface area (Å²) in [7, 11) is -3.34. The summed E-state index contributed by atoms with van der Waals surface area (Å²) in [5.74, 6) is 0. The van der Waals surface area contributed by atoms with Crippen LogP contribution >= 0.6 is 23.1 Å². The summed E-state index contributed by atoms with van der Waals surface area (Å²) in [5, 5.41) is 3.80. The van der Waals surface area contributed by atoms with Gasteiger partial charge in [0, 0.05) is 30.2 Å². The monoisotopic (exact) mass is 278 g/mol. The van der Waals surface area contributed by atoms with Crippen molar-refractivity contribution in [1.82, 2.24) is 19.1 Å². The van der Waals surface area contributed by atoms with Crippen molar-refractivity contribution in [2.45, 2.75) is 11.7 Å². The van der Waals surface area contributed by atoms with Gasteiger partial charge in [-0.2, -0.15) is 0 Å². The predicted molar refractivity (Wildman–Crippen MR) is 59.4 cm³/mol. The van der Waals surface area contributed by atoms with Crippen molar-refractivity contribution in [3.05, 3.63) is 22.4 Å². The zero-order chi connectivity index (χ0) is 11.8. The number of sulfone groups is 1. The largest absolute Gasteiger partial charge is 0.316 e. The number of nitrogens with zero attached hydrogens (tertiary/aromatic N) is 4. The number of hydrogen-bond donors (Lipinski definition) is 0.